The maximum atomic E-state index is 14.3. The molecule has 3 heterocycles. The van der Waals surface area contributed by atoms with Crippen LogP contribution in [-0.4, -0.2) is 78.6 Å². The molecule has 1 saturated carbocycles. The number of ether oxygens (including phenoxy) is 2. The Bertz CT molecular complexity index is 1850. The van der Waals surface area contributed by atoms with Crippen molar-refractivity contribution >= 4 is 39.7 Å². The first kappa shape index (κ1) is 36.1. The SMILES string of the molecule is CC(C)(C)OC(=O)N1C[C@H](OC(=O)N2Cc3cccc(F)c3C2)C[C@H]1C(=O)N[C@]12C[C@@H]1/C=C\CCCCCNc1ccccc1S(=O)(=O)NC2=O. The van der Waals surface area contributed by atoms with E-state index in [4.69, 9.17) is 9.47 Å². The maximum Gasteiger partial charge on any atom is 0.411 e. The topological polar surface area (TPSA) is 163 Å². The minimum Gasteiger partial charge on any atom is -0.444 e. The third kappa shape index (κ3) is 7.97. The zero-order valence-electron chi connectivity index (χ0n) is 28.9. The first-order valence-electron chi connectivity index (χ1n) is 17.3. The van der Waals surface area contributed by atoms with E-state index in [1.807, 2.05) is 12.2 Å². The van der Waals surface area contributed by atoms with Crippen molar-refractivity contribution in [2.45, 2.75) is 101 Å². The monoisotopic (exact) mass is 725 g/mol. The molecule has 4 aliphatic rings. The molecule has 3 aliphatic heterocycles. The highest BCUT2D eigenvalue weighted by molar-refractivity contribution is 7.90. The van der Waals surface area contributed by atoms with Crippen molar-refractivity contribution in [3.8, 4) is 0 Å². The van der Waals surface area contributed by atoms with E-state index in [9.17, 15) is 32.0 Å². The number of benzene rings is 2. The summed E-state index contributed by atoms with van der Waals surface area (Å²) < 4.78 is 55.0. The molecule has 15 heteroatoms. The number of carbonyl (C=O) groups is 4. The molecule has 3 N–H and O–H groups in total. The van der Waals surface area contributed by atoms with Gasteiger partial charge in [0.15, 0.2) is 0 Å². The van der Waals surface area contributed by atoms with Gasteiger partial charge in [0.25, 0.3) is 15.9 Å². The molecule has 1 aliphatic carbocycles. The molecule has 0 spiro atoms. The minimum absolute atomic E-state index is 0.0171. The summed E-state index contributed by atoms with van der Waals surface area (Å²) in [4.78, 5) is 57.0. The lowest BCUT2D eigenvalue weighted by molar-refractivity contribution is -0.131. The van der Waals surface area contributed by atoms with Crippen LogP contribution in [0.3, 0.4) is 0 Å². The smallest absolute Gasteiger partial charge is 0.411 e. The quantitative estimate of drug-likeness (QED) is 0.385. The van der Waals surface area contributed by atoms with Crippen LogP contribution in [0.2, 0.25) is 0 Å². The number of amides is 4. The van der Waals surface area contributed by atoms with E-state index >= 15 is 0 Å². The molecule has 2 aromatic rings. The highest BCUT2D eigenvalue weighted by Gasteiger charge is 2.62. The fourth-order valence-corrected chi connectivity index (χ4v) is 8.05. The Hall–Kier alpha value is -4.66. The number of carbonyl (C=O) groups excluding carboxylic acids is 4. The molecule has 0 bridgehead atoms. The number of nitrogens with zero attached hydrogens (tertiary/aromatic N) is 2. The molecule has 4 atom stereocenters. The van der Waals surface area contributed by atoms with Gasteiger partial charge in [0.05, 0.1) is 18.8 Å². The van der Waals surface area contributed by atoms with Gasteiger partial charge < -0.3 is 20.1 Å². The van der Waals surface area contributed by atoms with E-state index in [2.05, 4.69) is 15.4 Å². The van der Waals surface area contributed by atoms with Crippen LogP contribution in [0.1, 0.15) is 70.4 Å². The zero-order valence-corrected chi connectivity index (χ0v) is 29.8. The maximum absolute atomic E-state index is 14.3. The van der Waals surface area contributed by atoms with E-state index in [1.165, 1.54) is 17.0 Å². The summed E-state index contributed by atoms with van der Waals surface area (Å²) in [5, 5.41) is 5.94. The van der Waals surface area contributed by atoms with Crippen LogP contribution in [0, 0.1) is 11.7 Å². The van der Waals surface area contributed by atoms with Gasteiger partial charge in [0.1, 0.15) is 34.0 Å². The highest BCUT2D eigenvalue weighted by atomic mass is 32.2. The fourth-order valence-electron chi connectivity index (χ4n) is 6.83. The molecular weight excluding hydrogens is 681 g/mol. The molecular formula is C36H44FN5O8S. The van der Waals surface area contributed by atoms with Crippen LogP contribution in [0.15, 0.2) is 59.5 Å². The summed E-state index contributed by atoms with van der Waals surface area (Å²) in [6.45, 7) is 5.57. The van der Waals surface area contributed by atoms with Crippen LogP contribution in [0.25, 0.3) is 0 Å². The van der Waals surface area contributed by atoms with Crippen molar-refractivity contribution in [2.75, 3.05) is 18.4 Å². The first-order valence-corrected chi connectivity index (χ1v) is 18.8. The standard InChI is InChI=1S/C36H44FN5O8S/c1-35(2,3)50-34(46)42-21-25(49-33(45)41-20-23-12-11-14-27(37)26(23)22-41)18-29(42)31(43)39-36-19-24(36)13-7-5-4-6-10-17-38-28-15-8-9-16-30(28)51(47,48)40-32(36)44/h7-9,11-16,24-25,29,38H,4-6,10,17-22H2,1-3H3,(H,39,43)(H,40,44)/b13-7-/t24-,25+,29-,36+/m0/s1. The zero-order chi connectivity index (χ0) is 36.6. The van der Waals surface area contributed by atoms with Gasteiger partial charge in [0, 0.05) is 31.0 Å². The van der Waals surface area contributed by atoms with Crippen molar-refractivity contribution in [1.82, 2.24) is 19.8 Å². The molecule has 0 aromatic heterocycles. The van der Waals surface area contributed by atoms with Crippen molar-refractivity contribution in [1.29, 1.82) is 0 Å². The van der Waals surface area contributed by atoms with Gasteiger partial charge in [-0.15, -0.1) is 0 Å². The number of likely N-dealkylation sites (tertiary alicyclic amines) is 1. The van der Waals surface area contributed by atoms with Crippen LogP contribution in [-0.2, 0) is 42.2 Å². The van der Waals surface area contributed by atoms with Crippen LogP contribution >= 0.6 is 0 Å². The Labute approximate surface area is 297 Å². The summed E-state index contributed by atoms with van der Waals surface area (Å²) in [5.41, 5.74) is -1.09. The molecule has 0 radical (unpaired) electrons. The lowest BCUT2D eigenvalue weighted by Gasteiger charge is -2.29. The summed E-state index contributed by atoms with van der Waals surface area (Å²) in [7, 11) is -4.35. The lowest BCUT2D eigenvalue weighted by Crippen LogP contribution is -2.56. The first-order chi connectivity index (χ1) is 24.2. The van der Waals surface area contributed by atoms with Crippen LogP contribution in [0.5, 0.6) is 0 Å². The number of allylic oxidation sites excluding steroid dienone is 1. The average molecular weight is 726 g/mol. The Morgan fingerprint density at radius 1 is 1.02 bits per heavy atom. The Balaban J connectivity index is 1.22. The van der Waals surface area contributed by atoms with E-state index < -0.39 is 69.0 Å². The number of sulfonamides is 1. The van der Waals surface area contributed by atoms with E-state index in [0.717, 1.165) is 30.6 Å². The summed E-state index contributed by atoms with van der Waals surface area (Å²) >= 11 is 0. The van der Waals surface area contributed by atoms with Gasteiger partial charge in [-0.2, -0.15) is 0 Å². The van der Waals surface area contributed by atoms with E-state index in [-0.39, 0.29) is 37.4 Å². The second-order valence-corrected chi connectivity index (χ2v) is 16.2. The molecule has 2 fully saturated rings. The number of para-hydroxylation sites is 1. The molecule has 2 aromatic carbocycles. The van der Waals surface area contributed by atoms with Gasteiger partial charge >= 0.3 is 12.2 Å². The summed E-state index contributed by atoms with van der Waals surface area (Å²) in [5.74, 6) is -2.55. The second-order valence-electron chi connectivity index (χ2n) is 14.5. The molecule has 6 rings (SSSR count). The fraction of sp³-hybridized carbons (Fsp3) is 0.500. The van der Waals surface area contributed by atoms with E-state index in [1.54, 1.807) is 51.1 Å². The average Bonchev–Trinajstić information content (AvgIpc) is 3.36. The molecule has 1 saturated heterocycles. The van der Waals surface area contributed by atoms with Crippen LogP contribution in [0.4, 0.5) is 19.7 Å². The number of rotatable bonds is 3. The summed E-state index contributed by atoms with van der Waals surface area (Å²) in [6.07, 6.45) is 4.68. The normalized spacial score (nSPS) is 26.5. The Morgan fingerprint density at radius 3 is 2.57 bits per heavy atom. The minimum atomic E-state index is -4.35. The molecule has 13 nitrogen and oxygen atoms in total. The number of hydrogen-bond acceptors (Lipinski definition) is 9. The molecule has 274 valence electrons. The van der Waals surface area contributed by atoms with Gasteiger partial charge in [-0.25, -0.2) is 27.1 Å². The van der Waals surface area contributed by atoms with Gasteiger partial charge in [0.2, 0.25) is 5.91 Å². The van der Waals surface area contributed by atoms with Crippen molar-refractivity contribution in [3.63, 3.8) is 0 Å². The number of anilines is 1. The Morgan fingerprint density at radius 2 is 1.80 bits per heavy atom. The van der Waals surface area contributed by atoms with Crippen LogP contribution < -0.4 is 15.4 Å². The van der Waals surface area contributed by atoms with Crippen molar-refractivity contribution in [3.05, 3.63) is 71.6 Å². The lowest BCUT2D eigenvalue weighted by atomic mass is 10.1. The predicted octanol–water partition coefficient (Wildman–Crippen LogP) is 4.58. The number of fused-ring (bicyclic) bond motifs is 3. The third-order valence-corrected chi connectivity index (χ3v) is 10.9. The molecule has 4 amide bonds. The number of hydrogen-bond donors (Lipinski definition) is 3. The highest BCUT2D eigenvalue weighted by Crippen LogP contribution is 2.46. The van der Waals surface area contributed by atoms with Gasteiger partial charge in [-0.1, -0.05) is 42.8 Å². The Kier molecular flexibility index (Phi) is 10.0. The summed E-state index contributed by atoms with van der Waals surface area (Å²) in [6, 6.07) is 9.71. The van der Waals surface area contributed by atoms with Gasteiger partial charge in [-0.05, 0) is 70.2 Å². The van der Waals surface area contributed by atoms with Gasteiger partial charge in [-0.3, -0.25) is 19.4 Å². The number of halogens is 1. The second kappa shape index (κ2) is 14.2. The number of nitrogens with one attached hydrogen (secondary N) is 3. The molecule has 0 unspecified atom stereocenters. The van der Waals surface area contributed by atoms with E-state index in [0.29, 0.717) is 23.4 Å². The third-order valence-electron chi connectivity index (χ3n) is 9.55. The predicted molar refractivity (Wildman–Crippen MR) is 184 cm³/mol. The van der Waals surface area contributed by atoms with Crippen molar-refractivity contribution in [2.24, 2.45) is 5.92 Å². The molecule has 51 heavy (non-hydrogen) atoms. The largest absolute Gasteiger partial charge is 0.444 e. The van der Waals surface area contributed by atoms with Crippen molar-refractivity contribution < 1.29 is 41.5 Å².